The summed E-state index contributed by atoms with van der Waals surface area (Å²) in [7, 11) is 0. The average Bonchev–Trinajstić information content (AvgIpc) is 3.45. The van der Waals surface area contributed by atoms with Gasteiger partial charge in [0, 0.05) is 5.69 Å². The second-order valence-electron chi connectivity index (χ2n) is 7.89. The van der Waals surface area contributed by atoms with Crippen LogP contribution in [0.2, 0.25) is 0 Å². The molecule has 5 rings (SSSR count). The lowest BCUT2D eigenvalue weighted by Gasteiger charge is -2.14. The molecule has 10 heteroatoms. The summed E-state index contributed by atoms with van der Waals surface area (Å²) < 4.78 is 7.61. The van der Waals surface area contributed by atoms with Crippen LogP contribution in [0.15, 0.2) is 82.6 Å². The Morgan fingerprint density at radius 3 is 2.43 bits per heavy atom. The van der Waals surface area contributed by atoms with E-state index in [-0.39, 0.29) is 11.2 Å². The molecule has 0 aliphatic heterocycles. The summed E-state index contributed by atoms with van der Waals surface area (Å²) in [6, 6.07) is 21.8. The van der Waals surface area contributed by atoms with Crippen molar-refractivity contribution in [3.63, 3.8) is 0 Å². The summed E-state index contributed by atoms with van der Waals surface area (Å²) in [6.07, 6.45) is 1.66. The standard InChI is InChI=1S/C25H24N8OS/c1-16-20(13-14-34-16)22-31-32-25(33(22)15-18-9-5-3-6-10-18)35-17(2)21-28-23(26)30-24(29-21)27-19-11-7-4-8-12-19/h3-14,17H,15H2,1-2H3,(H3,26,27,28,29,30). The highest BCUT2D eigenvalue weighted by molar-refractivity contribution is 7.99. The van der Waals surface area contributed by atoms with Gasteiger partial charge in [-0.25, -0.2) is 0 Å². The fourth-order valence-corrected chi connectivity index (χ4v) is 4.50. The Balaban J connectivity index is 1.45. The number of nitrogens with one attached hydrogen (secondary N) is 1. The lowest BCUT2D eigenvalue weighted by atomic mass is 10.2. The summed E-state index contributed by atoms with van der Waals surface area (Å²) >= 11 is 1.51. The van der Waals surface area contributed by atoms with E-state index in [1.807, 2.05) is 68.4 Å². The topological polar surface area (TPSA) is 121 Å². The van der Waals surface area contributed by atoms with Gasteiger partial charge in [0.2, 0.25) is 11.9 Å². The minimum atomic E-state index is -0.159. The van der Waals surface area contributed by atoms with Crippen LogP contribution in [0, 0.1) is 6.92 Å². The van der Waals surface area contributed by atoms with Crippen molar-refractivity contribution in [2.75, 3.05) is 11.1 Å². The highest BCUT2D eigenvalue weighted by Gasteiger charge is 2.22. The van der Waals surface area contributed by atoms with Crippen LogP contribution < -0.4 is 11.1 Å². The van der Waals surface area contributed by atoms with E-state index in [2.05, 4.69) is 47.2 Å². The first-order chi connectivity index (χ1) is 17.1. The second-order valence-corrected chi connectivity index (χ2v) is 9.20. The SMILES string of the molecule is Cc1occc1-c1nnc(SC(C)c2nc(N)nc(Nc3ccccc3)n2)n1Cc1ccccc1. The molecule has 1 unspecified atom stereocenters. The Kier molecular flexibility index (Phi) is 6.44. The normalized spacial score (nSPS) is 11.9. The van der Waals surface area contributed by atoms with Crippen LogP contribution in [0.25, 0.3) is 11.4 Å². The Morgan fingerprint density at radius 2 is 1.71 bits per heavy atom. The highest BCUT2D eigenvalue weighted by atomic mass is 32.2. The number of benzene rings is 2. The number of nitrogen functional groups attached to an aromatic ring is 1. The zero-order chi connectivity index (χ0) is 24.2. The first kappa shape index (κ1) is 22.6. The molecular weight excluding hydrogens is 460 g/mol. The van der Waals surface area contributed by atoms with Crippen LogP contribution in [0.5, 0.6) is 0 Å². The number of nitrogens with zero attached hydrogens (tertiary/aromatic N) is 6. The van der Waals surface area contributed by atoms with E-state index in [1.54, 1.807) is 6.26 Å². The average molecular weight is 485 g/mol. The minimum Gasteiger partial charge on any atom is -0.469 e. The summed E-state index contributed by atoms with van der Waals surface area (Å²) in [6.45, 7) is 4.54. The zero-order valence-electron chi connectivity index (χ0n) is 19.3. The molecule has 1 atom stereocenters. The number of anilines is 3. The fourth-order valence-electron chi connectivity index (χ4n) is 3.61. The maximum absolute atomic E-state index is 6.01. The summed E-state index contributed by atoms with van der Waals surface area (Å²) in [5.41, 5.74) is 8.92. The number of aryl methyl sites for hydroxylation is 1. The molecule has 0 aliphatic carbocycles. The van der Waals surface area contributed by atoms with Gasteiger partial charge < -0.3 is 15.5 Å². The van der Waals surface area contributed by atoms with E-state index in [0.29, 0.717) is 18.3 Å². The lowest BCUT2D eigenvalue weighted by molar-refractivity contribution is 0.534. The number of rotatable bonds is 8. The molecule has 0 saturated heterocycles. The molecule has 3 aromatic heterocycles. The van der Waals surface area contributed by atoms with Gasteiger partial charge in [-0.05, 0) is 37.6 Å². The van der Waals surface area contributed by atoms with Gasteiger partial charge in [-0.15, -0.1) is 10.2 Å². The molecule has 0 fully saturated rings. The number of para-hydroxylation sites is 1. The Labute approximate surface area is 206 Å². The molecule has 5 aromatic rings. The predicted molar refractivity (Wildman–Crippen MR) is 136 cm³/mol. The fraction of sp³-hybridized carbons (Fsp3) is 0.160. The van der Waals surface area contributed by atoms with Crippen molar-refractivity contribution in [1.82, 2.24) is 29.7 Å². The lowest BCUT2D eigenvalue weighted by Crippen LogP contribution is -2.09. The van der Waals surface area contributed by atoms with E-state index < -0.39 is 0 Å². The van der Waals surface area contributed by atoms with E-state index in [4.69, 9.17) is 10.2 Å². The molecule has 35 heavy (non-hydrogen) atoms. The first-order valence-corrected chi connectivity index (χ1v) is 12.0. The quantitative estimate of drug-likeness (QED) is 0.284. The van der Waals surface area contributed by atoms with Gasteiger partial charge in [0.05, 0.1) is 23.6 Å². The van der Waals surface area contributed by atoms with Crippen LogP contribution in [-0.2, 0) is 6.54 Å². The van der Waals surface area contributed by atoms with Crippen molar-refractivity contribution < 1.29 is 4.42 Å². The molecule has 176 valence electrons. The molecular formula is C25H24N8OS. The summed E-state index contributed by atoms with van der Waals surface area (Å²) in [4.78, 5) is 13.2. The molecule has 3 heterocycles. The zero-order valence-corrected chi connectivity index (χ0v) is 20.1. The Morgan fingerprint density at radius 1 is 0.971 bits per heavy atom. The summed E-state index contributed by atoms with van der Waals surface area (Å²) in [5, 5.41) is 12.8. The number of hydrogen-bond donors (Lipinski definition) is 2. The third-order valence-corrected chi connectivity index (χ3v) is 6.42. The van der Waals surface area contributed by atoms with Crippen LogP contribution in [0.4, 0.5) is 17.6 Å². The van der Waals surface area contributed by atoms with Crippen molar-refractivity contribution in [2.24, 2.45) is 0 Å². The van der Waals surface area contributed by atoms with Gasteiger partial charge >= 0.3 is 0 Å². The van der Waals surface area contributed by atoms with Crippen LogP contribution in [0.3, 0.4) is 0 Å². The molecule has 0 bridgehead atoms. The second kappa shape index (κ2) is 9.98. The van der Waals surface area contributed by atoms with Gasteiger partial charge in [0.25, 0.3) is 0 Å². The molecule has 9 nitrogen and oxygen atoms in total. The van der Waals surface area contributed by atoms with Crippen molar-refractivity contribution in [2.45, 2.75) is 30.8 Å². The first-order valence-electron chi connectivity index (χ1n) is 11.1. The number of thioether (sulfide) groups is 1. The van der Waals surface area contributed by atoms with Crippen LogP contribution >= 0.6 is 11.8 Å². The van der Waals surface area contributed by atoms with Crippen molar-refractivity contribution in [3.8, 4) is 11.4 Å². The Hall–Kier alpha value is -4.18. The van der Waals surface area contributed by atoms with Crippen molar-refractivity contribution in [1.29, 1.82) is 0 Å². The number of nitrogens with two attached hydrogens (primary N) is 1. The summed E-state index contributed by atoms with van der Waals surface area (Å²) in [5.74, 6) is 2.64. The van der Waals surface area contributed by atoms with E-state index in [9.17, 15) is 0 Å². The molecule has 2 aromatic carbocycles. The molecule has 0 saturated carbocycles. The van der Waals surface area contributed by atoms with E-state index in [0.717, 1.165) is 33.6 Å². The monoisotopic (exact) mass is 484 g/mol. The van der Waals surface area contributed by atoms with Crippen molar-refractivity contribution >= 4 is 29.3 Å². The van der Waals surface area contributed by atoms with Gasteiger partial charge in [-0.2, -0.15) is 15.0 Å². The van der Waals surface area contributed by atoms with Gasteiger partial charge in [0.15, 0.2) is 11.0 Å². The maximum Gasteiger partial charge on any atom is 0.232 e. The highest BCUT2D eigenvalue weighted by Crippen LogP contribution is 2.35. The van der Waals surface area contributed by atoms with Crippen molar-refractivity contribution in [3.05, 3.63) is 90.1 Å². The van der Waals surface area contributed by atoms with Gasteiger partial charge in [-0.3, -0.25) is 4.57 Å². The maximum atomic E-state index is 6.01. The largest absolute Gasteiger partial charge is 0.469 e. The van der Waals surface area contributed by atoms with E-state index >= 15 is 0 Å². The van der Waals surface area contributed by atoms with E-state index in [1.165, 1.54) is 11.8 Å². The molecule has 3 N–H and O–H groups in total. The third-order valence-electron chi connectivity index (χ3n) is 5.35. The van der Waals surface area contributed by atoms with Crippen LogP contribution in [0.1, 0.15) is 29.3 Å². The smallest absolute Gasteiger partial charge is 0.232 e. The number of furan rings is 1. The van der Waals surface area contributed by atoms with Gasteiger partial charge in [-0.1, -0.05) is 60.3 Å². The minimum absolute atomic E-state index is 0.154. The van der Waals surface area contributed by atoms with Crippen LogP contribution in [-0.4, -0.2) is 29.7 Å². The number of hydrogen-bond acceptors (Lipinski definition) is 9. The molecule has 0 aliphatic rings. The predicted octanol–water partition coefficient (Wildman–Crippen LogP) is 5.26. The Bertz CT molecular complexity index is 1420. The van der Waals surface area contributed by atoms with Gasteiger partial charge in [0.1, 0.15) is 11.6 Å². The molecule has 0 amide bonds. The third kappa shape index (κ3) is 5.17. The molecule has 0 spiro atoms. The molecule has 0 radical (unpaired) electrons. The number of aromatic nitrogens is 6.